The highest BCUT2D eigenvalue weighted by Gasteiger charge is 2.39. The van der Waals surface area contributed by atoms with Gasteiger partial charge < -0.3 is 15.1 Å². The van der Waals surface area contributed by atoms with E-state index in [9.17, 15) is 13.6 Å². The van der Waals surface area contributed by atoms with Gasteiger partial charge in [0.05, 0.1) is 17.8 Å². The van der Waals surface area contributed by atoms with E-state index in [0.717, 1.165) is 35.3 Å². The van der Waals surface area contributed by atoms with Gasteiger partial charge in [-0.2, -0.15) is 0 Å². The molecule has 0 atom stereocenters. The maximum atomic E-state index is 13.6. The van der Waals surface area contributed by atoms with E-state index in [4.69, 9.17) is 0 Å². The van der Waals surface area contributed by atoms with Gasteiger partial charge in [0.15, 0.2) is 5.82 Å². The van der Waals surface area contributed by atoms with Crippen LogP contribution >= 0.6 is 22.6 Å². The van der Waals surface area contributed by atoms with Gasteiger partial charge in [-0.3, -0.25) is 4.79 Å². The molecular weight excluding hydrogens is 479 g/mol. The standard InChI is InChI=1S/C19H20F2IN5O/c20-19(21)6-10-27(12-19)17-16(14(22)5-7-23-17)25-18(28)13-3-4-15(24-11-13)26-8-1-2-9-26/h3-5,7,11H,1-2,6,8-10,12H2,(H,25,28). The summed E-state index contributed by atoms with van der Waals surface area (Å²) in [6.07, 6.45) is 5.21. The van der Waals surface area contributed by atoms with Gasteiger partial charge in [-0.15, -0.1) is 0 Å². The lowest BCUT2D eigenvalue weighted by Gasteiger charge is -2.21. The summed E-state index contributed by atoms with van der Waals surface area (Å²) in [6.45, 7) is 1.77. The van der Waals surface area contributed by atoms with Gasteiger partial charge >= 0.3 is 0 Å². The molecule has 148 valence electrons. The average molecular weight is 499 g/mol. The van der Waals surface area contributed by atoms with Crippen LogP contribution in [-0.4, -0.2) is 48.0 Å². The highest BCUT2D eigenvalue weighted by atomic mass is 127. The van der Waals surface area contributed by atoms with Gasteiger partial charge in [-0.05, 0) is 53.6 Å². The number of rotatable bonds is 4. The Labute approximate surface area is 175 Å². The molecule has 0 radical (unpaired) electrons. The maximum absolute atomic E-state index is 13.6. The number of anilines is 3. The van der Waals surface area contributed by atoms with Crippen LogP contribution in [0.1, 0.15) is 29.6 Å². The SMILES string of the molecule is O=C(Nc1c(I)ccnc1N1CCC(F)(F)C1)c1ccc(N2CCCC2)nc1. The highest BCUT2D eigenvalue weighted by Crippen LogP contribution is 2.35. The number of carbonyl (C=O) groups excluding carboxylic acids is 1. The van der Waals surface area contributed by atoms with Crippen LogP contribution in [0, 0.1) is 3.57 Å². The molecule has 28 heavy (non-hydrogen) atoms. The number of aromatic nitrogens is 2. The molecule has 1 N–H and O–H groups in total. The van der Waals surface area contributed by atoms with Crippen molar-refractivity contribution in [3.05, 3.63) is 39.7 Å². The molecule has 1 amide bonds. The predicted octanol–water partition coefficient (Wildman–Crippen LogP) is 3.78. The fourth-order valence-corrected chi connectivity index (χ4v) is 4.08. The molecule has 0 bridgehead atoms. The van der Waals surface area contributed by atoms with Crippen LogP contribution in [0.2, 0.25) is 0 Å². The van der Waals surface area contributed by atoms with Crippen molar-refractivity contribution in [3.8, 4) is 0 Å². The fraction of sp³-hybridized carbons (Fsp3) is 0.421. The normalized spacial score (nSPS) is 18.5. The lowest BCUT2D eigenvalue weighted by Crippen LogP contribution is -2.27. The fourth-order valence-electron chi connectivity index (χ4n) is 3.54. The minimum atomic E-state index is -2.74. The van der Waals surface area contributed by atoms with Gasteiger partial charge in [-0.25, -0.2) is 18.7 Å². The van der Waals surface area contributed by atoms with E-state index in [0.29, 0.717) is 17.1 Å². The van der Waals surface area contributed by atoms with Gasteiger partial charge in [0, 0.05) is 42.0 Å². The lowest BCUT2D eigenvalue weighted by molar-refractivity contribution is 0.0257. The number of hydrogen-bond acceptors (Lipinski definition) is 5. The Kier molecular flexibility index (Phi) is 5.35. The second-order valence-electron chi connectivity index (χ2n) is 7.07. The number of carbonyl (C=O) groups is 1. The Morgan fingerprint density at radius 2 is 1.89 bits per heavy atom. The molecule has 0 unspecified atom stereocenters. The number of pyridine rings is 2. The number of alkyl halides is 2. The summed E-state index contributed by atoms with van der Waals surface area (Å²) in [5.74, 6) is -1.83. The average Bonchev–Trinajstić information content (AvgIpc) is 3.33. The molecule has 4 rings (SSSR count). The number of nitrogens with one attached hydrogen (secondary N) is 1. The second kappa shape index (κ2) is 7.76. The smallest absolute Gasteiger partial charge is 0.266 e. The molecule has 9 heteroatoms. The zero-order chi connectivity index (χ0) is 19.7. The molecule has 2 saturated heterocycles. The molecule has 0 spiro atoms. The van der Waals surface area contributed by atoms with Gasteiger partial charge in [0.2, 0.25) is 0 Å². The first kappa shape index (κ1) is 19.3. The van der Waals surface area contributed by atoms with Crippen LogP contribution in [0.15, 0.2) is 30.6 Å². The van der Waals surface area contributed by atoms with Crippen LogP contribution < -0.4 is 15.1 Å². The molecule has 2 aliphatic heterocycles. The van der Waals surface area contributed by atoms with Crippen LogP contribution in [-0.2, 0) is 0 Å². The molecule has 2 aromatic rings. The Bertz CT molecular complexity index is 871. The molecular formula is C19H20F2IN5O. The van der Waals surface area contributed by atoms with Crippen LogP contribution in [0.3, 0.4) is 0 Å². The summed E-state index contributed by atoms with van der Waals surface area (Å²) < 4.78 is 28.0. The lowest BCUT2D eigenvalue weighted by atomic mass is 10.2. The third-order valence-electron chi connectivity index (χ3n) is 5.03. The monoisotopic (exact) mass is 499 g/mol. The maximum Gasteiger partial charge on any atom is 0.266 e. The van der Waals surface area contributed by atoms with Crippen LogP contribution in [0.5, 0.6) is 0 Å². The first-order valence-corrected chi connectivity index (χ1v) is 10.3. The molecule has 2 aliphatic rings. The number of nitrogens with zero attached hydrogens (tertiary/aromatic N) is 4. The molecule has 0 aromatic carbocycles. The summed E-state index contributed by atoms with van der Waals surface area (Å²) in [4.78, 5) is 25.1. The third-order valence-corrected chi connectivity index (χ3v) is 5.93. The van der Waals surface area contributed by atoms with Crippen LogP contribution in [0.4, 0.5) is 26.1 Å². The Morgan fingerprint density at radius 1 is 1.11 bits per heavy atom. The van der Waals surface area contributed by atoms with Crippen molar-refractivity contribution in [2.45, 2.75) is 25.2 Å². The zero-order valence-electron chi connectivity index (χ0n) is 15.2. The molecule has 4 heterocycles. The Hall–Kier alpha value is -2.04. The number of hydrogen-bond donors (Lipinski definition) is 1. The molecule has 0 saturated carbocycles. The van der Waals surface area contributed by atoms with Crippen LogP contribution in [0.25, 0.3) is 0 Å². The van der Waals surface area contributed by atoms with E-state index in [1.807, 2.05) is 6.07 Å². The molecule has 0 aliphatic carbocycles. The Balaban J connectivity index is 1.53. The summed E-state index contributed by atoms with van der Waals surface area (Å²) in [7, 11) is 0. The largest absolute Gasteiger partial charge is 0.357 e. The summed E-state index contributed by atoms with van der Waals surface area (Å²) in [5, 5.41) is 2.84. The molecule has 6 nitrogen and oxygen atoms in total. The first-order chi connectivity index (χ1) is 13.4. The van der Waals surface area contributed by atoms with Crippen molar-refractivity contribution in [2.24, 2.45) is 0 Å². The number of amides is 1. The highest BCUT2D eigenvalue weighted by molar-refractivity contribution is 14.1. The van der Waals surface area contributed by atoms with Crippen molar-refractivity contribution < 1.29 is 13.6 Å². The van der Waals surface area contributed by atoms with E-state index in [2.05, 4.69) is 42.8 Å². The Morgan fingerprint density at radius 3 is 2.54 bits per heavy atom. The van der Waals surface area contributed by atoms with E-state index in [1.165, 1.54) is 4.90 Å². The molecule has 2 aromatic heterocycles. The predicted molar refractivity (Wildman–Crippen MR) is 112 cm³/mol. The van der Waals surface area contributed by atoms with Crippen molar-refractivity contribution in [2.75, 3.05) is 41.3 Å². The van der Waals surface area contributed by atoms with Gasteiger partial charge in [0.25, 0.3) is 11.8 Å². The quantitative estimate of drug-likeness (QED) is 0.650. The van der Waals surface area contributed by atoms with E-state index < -0.39 is 12.5 Å². The second-order valence-corrected chi connectivity index (χ2v) is 8.23. The first-order valence-electron chi connectivity index (χ1n) is 9.23. The van der Waals surface area contributed by atoms with E-state index >= 15 is 0 Å². The number of halogens is 3. The summed E-state index contributed by atoms with van der Waals surface area (Å²) in [5.41, 5.74) is 0.870. The van der Waals surface area contributed by atoms with E-state index in [-0.39, 0.29) is 18.9 Å². The van der Waals surface area contributed by atoms with Gasteiger partial charge in [-0.1, -0.05) is 0 Å². The summed E-state index contributed by atoms with van der Waals surface area (Å²) >= 11 is 2.07. The van der Waals surface area contributed by atoms with Gasteiger partial charge in [0.1, 0.15) is 5.82 Å². The minimum absolute atomic E-state index is 0.203. The zero-order valence-corrected chi connectivity index (χ0v) is 17.3. The molecule has 2 fully saturated rings. The topological polar surface area (TPSA) is 61.4 Å². The van der Waals surface area contributed by atoms with E-state index in [1.54, 1.807) is 24.5 Å². The van der Waals surface area contributed by atoms with Crippen molar-refractivity contribution >= 4 is 45.8 Å². The summed E-state index contributed by atoms with van der Waals surface area (Å²) in [6, 6.07) is 5.32. The van der Waals surface area contributed by atoms with Crippen molar-refractivity contribution in [1.29, 1.82) is 0 Å². The van der Waals surface area contributed by atoms with Crippen molar-refractivity contribution in [3.63, 3.8) is 0 Å². The van der Waals surface area contributed by atoms with Crippen molar-refractivity contribution in [1.82, 2.24) is 9.97 Å². The third kappa shape index (κ3) is 4.03. The minimum Gasteiger partial charge on any atom is -0.357 e.